The summed E-state index contributed by atoms with van der Waals surface area (Å²) in [5.74, 6) is 1.49. The highest BCUT2D eigenvalue weighted by Crippen LogP contribution is 2.30. The maximum Gasteiger partial charge on any atom is 0.434 e. The first-order valence-electron chi connectivity index (χ1n) is 8.49. The number of imidazole rings is 2. The molecular formula is C17H19F3N6. The molecule has 1 unspecified atom stereocenters. The average molecular weight is 364 g/mol. The van der Waals surface area contributed by atoms with Crippen LogP contribution in [0.5, 0.6) is 0 Å². The first-order chi connectivity index (χ1) is 12.4. The zero-order valence-corrected chi connectivity index (χ0v) is 14.3. The Hall–Kier alpha value is -2.42. The van der Waals surface area contributed by atoms with Gasteiger partial charge in [-0.3, -0.25) is 4.40 Å². The van der Waals surface area contributed by atoms with Crippen molar-refractivity contribution in [2.75, 3.05) is 13.6 Å². The van der Waals surface area contributed by atoms with Gasteiger partial charge in [0.05, 0.1) is 11.9 Å². The van der Waals surface area contributed by atoms with Crippen molar-refractivity contribution >= 4 is 5.78 Å². The molecule has 1 atom stereocenters. The van der Waals surface area contributed by atoms with Crippen molar-refractivity contribution in [2.45, 2.75) is 32.1 Å². The Balaban J connectivity index is 1.41. The molecule has 1 aliphatic rings. The van der Waals surface area contributed by atoms with Gasteiger partial charge in [-0.15, -0.1) is 0 Å². The normalized spacial score (nSPS) is 17.8. The quantitative estimate of drug-likeness (QED) is 0.714. The molecule has 0 radical (unpaired) electrons. The molecule has 4 heterocycles. The van der Waals surface area contributed by atoms with Gasteiger partial charge >= 0.3 is 6.18 Å². The molecule has 0 saturated carbocycles. The minimum absolute atomic E-state index is 0.292. The number of aromatic nitrogens is 5. The monoisotopic (exact) mass is 364 g/mol. The van der Waals surface area contributed by atoms with E-state index in [4.69, 9.17) is 0 Å². The van der Waals surface area contributed by atoms with Gasteiger partial charge in [0.15, 0.2) is 5.69 Å². The molecular weight excluding hydrogens is 345 g/mol. The van der Waals surface area contributed by atoms with Gasteiger partial charge in [-0.1, -0.05) is 0 Å². The van der Waals surface area contributed by atoms with Gasteiger partial charge in [0.2, 0.25) is 5.78 Å². The average Bonchev–Trinajstić information content (AvgIpc) is 3.19. The van der Waals surface area contributed by atoms with Gasteiger partial charge in [-0.05, 0) is 25.5 Å². The summed E-state index contributed by atoms with van der Waals surface area (Å²) >= 11 is 0. The SMILES string of the molecule is CN(Cc1cnc2ncccn12)CC1CCc2nc(C(F)(F)F)cn2C1. The zero-order chi connectivity index (χ0) is 18.3. The molecule has 4 rings (SSSR count). The number of rotatable bonds is 4. The smallest absolute Gasteiger partial charge is 0.334 e. The molecule has 0 saturated heterocycles. The van der Waals surface area contributed by atoms with Gasteiger partial charge < -0.3 is 9.47 Å². The fraction of sp³-hybridized carbons (Fsp3) is 0.471. The number of fused-ring (bicyclic) bond motifs is 2. The largest absolute Gasteiger partial charge is 0.434 e. The lowest BCUT2D eigenvalue weighted by Crippen LogP contribution is -2.31. The first kappa shape index (κ1) is 17.0. The highest BCUT2D eigenvalue weighted by molar-refractivity contribution is 5.30. The maximum atomic E-state index is 12.8. The lowest BCUT2D eigenvalue weighted by atomic mass is 9.99. The van der Waals surface area contributed by atoms with E-state index in [1.165, 1.54) is 0 Å². The van der Waals surface area contributed by atoms with E-state index in [2.05, 4.69) is 19.9 Å². The summed E-state index contributed by atoms with van der Waals surface area (Å²) < 4.78 is 42.1. The van der Waals surface area contributed by atoms with E-state index in [1.54, 1.807) is 10.8 Å². The van der Waals surface area contributed by atoms with Crippen LogP contribution in [-0.2, 0) is 25.7 Å². The van der Waals surface area contributed by atoms with E-state index < -0.39 is 11.9 Å². The van der Waals surface area contributed by atoms with Crippen LogP contribution in [0.4, 0.5) is 13.2 Å². The second-order valence-corrected chi connectivity index (χ2v) is 6.83. The van der Waals surface area contributed by atoms with E-state index >= 15 is 0 Å². The molecule has 3 aromatic heterocycles. The van der Waals surface area contributed by atoms with Crippen molar-refractivity contribution in [3.05, 3.63) is 48.1 Å². The van der Waals surface area contributed by atoms with Crippen LogP contribution in [0, 0.1) is 5.92 Å². The summed E-state index contributed by atoms with van der Waals surface area (Å²) in [6, 6.07) is 1.86. The summed E-state index contributed by atoms with van der Waals surface area (Å²) in [4.78, 5) is 14.4. The molecule has 0 aliphatic carbocycles. The van der Waals surface area contributed by atoms with Gasteiger partial charge in [0, 0.05) is 44.6 Å². The van der Waals surface area contributed by atoms with Gasteiger partial charge in [-0.25, -0.2) is 15.0 Å². The lowest BCUT2D eigenvalue weighted by Gasteiger charge is -2.28. The van der Waals surface area contributed by atoms with Crippen molar-refractivity contribution in [2.24, 2.45) is 5.92 Å². The molecule has 0 aromatic carbocycles. The van der Waals surface area contributed by atoms with E-state index in [0.717, 1.165) is 24.9 Å². The molecule has 1 aliphatic heterocycles. The molecule has 0 bridgehead atoms. The molecule has 0 spiro atoms. The fourth-order valence-corrected chi connectivity index (χ4v) is 3.58. The van der Waals surface area contributed by atoms with Crippen LogP contribution in [0.1, 0.15) is 23.6 Å². The molecule has 0 fully saturated rings. The number of alkyl halides is 3. The highest BCUT2D eigenvalue weighted by atomic mass is 19.4. The molecule has 9 heteroatoms. The zero-order valence-electron chi connectivity index (χ0n) is 14.3. The second kappa shape index (κ2) is 6.39. The fourth-order valence-electron chi connectivity index (χ4n) is 3.58. The van der Waals surface area contributed by atoms with Crippen LogP contribution in [-0.4, -0.2) is 42.4 Å². The molecule has 0 amide bonds. The summed E-state index contributed by atoms with van der Waals surface area (Å²) in [6.45, 7) is 2.07. The standard InChI is InChI=1S/C17H19F3N6/c1-24(10-13-7-22-16-21-5-2-6-26(13)16)8-12-3-4-15-23-14(17(18,19)20)11-25(15)9-12/h2,5-7,11-12H,3-4,8-10H2,1H3. The van der Waals surface area contributed by atoms with E-state index in [9.17, 15) is 13.2 Å². The van der Waals surface area contributed by atoms with Crippen molar-refractivity contribution in [3.8, 4) is 0 Å². The summed E-state index contributed by atoms with van der Waals surface area (Å²) in [5, 5.41) is 0. The van der Waals surface area contributed by atoms with Crippen LogP contribution in [0.25, 0.3) is 5.78 Å². The third-order valence-corrected chi connectivity index (χ3v) is 4.75. The lowest BCUT2D eigenvalue weighted by molar-refractivity contribution is -0.141. The van der Waals surface area contributed by atoms with Gasteiger partial charge in [0.1, 0.15) is 5.82 Å². The van der Waals surface area contributed by atoms with Crippen LogP contribution >= 0.6 is 0 Å². The second-order valence-electron chi connectivity index (χ2n) is 6.83. The van der Waals surface area contributed by atoms with Crippen molar-refractivity contribution < 1.29 is 13.2 Å². The Morgan fingerprint density at radius 2 is 2.15 bits per heavy atom. The molecule has 26 heavy (non-hydrogen) atoms. The molecule has 0 N–H and O–H groups in total. The van der Waals surface area contributed by atoms with E-state index in [-0.39, 0.29) is 0 Å². The maximum absolute atomic E-state index is 12.8. The number of hydrogen-bond donors (Lipinski definition) is 0. The number of hydrogen-bond acceptors (Lipinski definition) is 4. The Bertz CT molecular complexity index is 913. The van der Waals surface area contributed by atoms with E-state index in [1.807, 2.05) is 29.9 Å². The Morgan fingerprint density at radius 1 is 1.31 bits per heavy atom. The predicted molar refractivity (Wildman–Crippen MR) is 88.4 cm³/mol. The third-order valence-electron chi connectivity index (χ3n) is 4.75. The Kier molecular flexibility index (Phi) is 4.18. The number of nitrogens with zero attached hydrogens (tertiary/aromatic N) is 6. The van der Waals surface area contributed by atoms with Gasteiger partial charge in [-0.2, -0.15) is 13.2 Å². The van der Waals surface area contributed by atoms with Crippen LogP contribution in [0.3, 0.4) is 0 Å². The summed E-state index contributed by atoms with van der Waals surface area (Å²) in [7, 11) is 2.01. The topological polar surface area (TPSA) is 51.3 Å². The molecule has 138 valence electrons. The number of halogens is 3. The van der Waals surface area contributed by atoms with Crippen molar-refractivity contribution in [1.82, 2.24) is 28.8 Å². The summed E-state index contributed by atoms with van der Waals surface area (Å²) in [5.41, 5.74) is 0.244. The summed E-state index contributed by atoms with van der Waals surface area (Å²) in [6.07, 6.45) is 3.61. The van der Waals surface area contributed by atoms with Crippen LogP contribution in [0.2, 0.25) is 0 Å². The number of aryl methyl sites for hydroxylation is 1. The van der Waals surface area contributed by atoms with Crippen molar-refractivity contribution in [3.63, 3.8) is 0 Å². The third kappa shape index (κ3) is 3.31. The highest BCUT2D eigenvalue weighted by Gasteiger charge is 2.35. The Labute approximate surface area is 148 Å². The molecule has 3 aromatic rings. The van der Waals surface area contributed by atoms with Gasteiger partial charge in [0.25, 0.3) is 0 Å². The molecule has 6 nitrogen and oxygen atoms in total. The van der Waals surface area contributed by atoms with Crippen LogP contribution < -0.4 is 0 Å². The Morgan fingerprint density at radius 3 is 2.96 bits per heavy atom. The van der Waals surface area contributed by atoms with E-state index in [0.29, 0.717) is 37.0 Å². The minimum atomic E-state index is -4.38. The van der Waals surface area contributed by atoms with Crippen LogP contribution in [0.15, 0.2) is 30.9 Å². The minimum Gasteiger partial charge on any atom is -0.334 e. The first-order valence-corrected chi connectivity index (χ1v) is 8.49. The van der Waals surface area contributed by atoms with Crippen molar-refractivity contribution in [1.29, 1.82) is 0 Å². The predicted octanol–water partition coefficient (Wildman–Crippen LogP) is 2.64.